The summed E-state index contributed by atoms with van der Waals surface area (Å²) in [6, 6.07) is 3.53. The molecule has 0 unspecified atom stereocenters. The zero-order valence-electron chi connectivity index (χ0n) is 12.2. The van der Waals surface area contributed by atoms with E-state index in [0.717, 1.165) is 0 Å². The van der Waals surface area contributed by atoms with Crippen molar-refractivity contribution in [3.05, 3.63) is 29.0 Å². The second-order valence-corrected chi connectivity index (χ2v) is 5.95. The first kappa shape index (κ1) is 16.6. The van der Waals surface area contributed by atoms with Crippen molar-refractivity contribution in [3.63, 3.8) is 0 Å². The number of hydrogen-bond acceptors (Lipinski definition) is 4. The smallest absolute Gasteiger partial charge is 0.351 e. The van der Waals surface area contributed by atoms with Gasteiger partial charge in [0.15, 0.2) is 5.82 Å². The number of anilines is 1. The molecule has 10 heteroatoms. The zero-order chi connectivity index (χ0) is 17.5. The number of nitrogens with two attached hydrogens (primary N) is 1. The maximum Gasteiger partial charge on any atom is 0.401 e. The third kappa shape index (κ3) is 2.68. The highest BCUT2D eigenvalue weighted by molar-refractivity contribution is 6.33. The second-order valence-electron chi connectivity index (χ2n) is 5.54. The molecule has 1 heterocycles. The van der Waals surface area contributed by atoms with Crippen LogP contribution in [0.2, 0.25) is 5.02 Å². The lowest BCUT2D eigenvalue weighted by Crippen LogP contribution is -2.48. The Morgan fingerprint density at radius 1 is 1.38 bits per heavy atom. The highest BCUT2D eigenvalue weighted by atomic mass is 35.5. The quantitative estimate of drug-likeness (QED) is 0.868. The predicted molar refractivity (Wildman–Crippen MR) is 79.5 cm³/mol. The molecule has 3 rings (SSSR count). The van der Waals surface area contributed by atoms with Crippen molar-refractivity contribution in [1.82, 2.24) is 10.1 Å². The van der Waals surface area contributed by atoms with E-state index in [1.165, 1.54) is 18.2 Å². The molecular formula is C14H12ClF3N4O2. The first-order valence-corrected chi connectivity index (χ1v) is 7.38. The monoisotopic (exact) mass is 360 g/mol. The maximum absolute atomic E-state index is 13.3. The summed E-state index contributed by atoms with van der Waals surface area (Å²) in [5, 5.41) is 6.03. The van der Waals surface area contributed by atoms with Crippen LogP contribution in [0, 0.1) is 0 Å². The van der Waals surface area contributed by atoms with Gasteiger partial charge in [0.2, 0.25) is 0 Å². The van der Waals surface area contributed by atoms with Crippen LogP contribution in [0.15, 0.2) is 22.7 Å². The van der Waals surface area contributed by atoms with Crippen molar-refractivity contribution in [2.45, 2.75) is 30.9 Å². The molecule has 0 saturated heterocycles. The van der Waals surface area contributed by atoms with Crippen molar-refractivity contribution in [3.8, 4) is 11.5 Å². The number of carbonyl (C=O) groups excluding carboxylic acids is 1. The van der Waals surface area contributed by atoms with Gasteiger partial charge in [-0.1, -0.05) is 23.2 Å². The number of primary amides is 1. The highest BCUT2D eigenvalue weighted by Crippen LogP contribution is 2.53. The Hall–Kier alpha value is -2.29. The number of benzene rings is 1. The summed E-state index contributed by atoms with van der Waals surface area (Å²) in [7, 11) is 0. The fourth-order valence-electron chi connectivity index (χ4n) is 2.60. The van der Waals surface area contributed by atoms with E-state index < -0.39 is 23.4 Å². The first-order chi connectivity index (χ1) is 11.2. The maximum atomic E-state index is 13.3. The Balaban J connectivity index is 1.98. The number of hydrogen-bond donors (Lipinski definition) is 2. The van der Waals surface area contributed by atoms with Gasteiger partial charge in [0.25, 0.3) is 5.89 Å². The van der Waals surface area contributed by atoms with E-state index in [4.69, 9.17) is 21.9 Å². The minimum Gasteiger partial charge on any atom is -0.351 e. The Morgan fingerprint density at radius 2 is 2.08 bits per heavy atom. The number of nitrogens with one attached hydrogen (secondary N) is 1. The van der Waals surface area contributed by atoms with Gasteiger partial charge >= 0.3 is 12.2 Å². The predicted octanol–water partition coefficient (Wildman–Crippen LogP) is 3.86. The summed E-state index contributed by atoms with van der Waals surface area (Å²) in [5.74, 6) is -0.556. The second kappa shape index (κ2) is 5.66. The van der Waals surface area contributed by atoms with E-state index in [0.29, 0.717) is 12.1 Å². The number of nitrogens with zero attached hydrogens (tertiary/aromatic N) is 2. The molecule has 1 aliphatic carbocycles. The Bertz CT molecular complexity index is 787. The van der Waals surface area contributed by atoms with E-state index in [-0.39, 0.29) is 29.3 Å². The Kier molecular flexibility index (Phi) is 3.90. The number of carbonyl (C=O) groups is 1. The lowest BCUT2D eigenvalue weighted by molar-refractivity contribution is -0.215. The molecule has 1 fully saturated rings. The fourth-order valence-corrected chi connectivity index (χ4v) is 2.80. The Morgan fingerprint density at radius 3 is 2.62 bits per heavy atom. The number of halogens is 4. The lowest BCUT2D eigenvalue weighted by Gasteiger charge is -2.40. The van der Waals surface area contributed by atoms with Gasteiger partial charge in [-0.15, -0.1) is 0 Å². The third-order valence-corrected chi connectivity index (χ3v) is 4.40. The standard InChI is InChI=1S/C14H12ClF3N4O2/c15-9-3-2-7(20-12(19)23)6-8(9)10-21-11(22-24-10)13(4-1-5-13)14(16,17)18/h2-3,6H,1,4-5H2,(H3,19,20,23). The van der Waals surface area contributed by atoms with Gasteiger partial charge in [0.05, 0.1) is 10.6 Å². The number of rotatable bonds is 3. The average Bonchev–Trinajstić information content (AvgIpc) is 2.87. The fraction of sp³-hybridized carbons (Fsp3) is 0.357. The molecule has 2 aromatic rings. The molecule has 24 heavy (non-hydrogen) atoms. The van der Waals surface area contributed by atoms with Crippen molar-refractivity contribution >= 4 is 23.3 Å². The lowest BCUT2D eigenvalue weighted by atomic mass is 9.67. The van der Waals surface area contributed by atoms with Gasteiger partial charge in [-0.3, -0.25) is 0 Å². The van der Waals surface area contributed by atoms with Gasteiger partial charge < -0.3 is 15.6 Å². The van der Waals surface area contributed by atoms with Crippen molar-refractivity contribution in [2.24, 2.45) is 5.73 Å². The molecule has 6 nitrogen and oxygen atoms in total. The normalized spacial score (nSPS) is 16.5. The number of aromatic nitrogens is 2. The van der Waals surface area contributed by atoms with Gasteiger partial charge in [-0.05, 0) is 31.0 Å². The molecule has 0 aliphatic heterocycles. The van der Waals surface area contributed by atoms with Crippen molar-refractivity contribution < 1.29 is 22.5 Å². The molecule has 0 spiro atoms. The molecule has 1 aromatic heterocycles. The molecule has 0 atom stereocenters. The van der Waals surface area contributed by atoms with E-state index in [2.05, 4.69) is 15.5 Å². The third-order valence-electron chi connectivity index (χ3n) is 4.07. The minimum atomic E-state index is -4.45. The summed E-state index contributed by atoms with van der Waals surface area (Å²) in [6.45, 7) is 0. The van der Waals surface area contributed by atoms with Crippen LogP contribution in [0.25, 0.3) is 11.5 Å². The summed E-state index contributed by atoms with van der Waals surface area (Å²) < 4.78 is 45.0. The SMILES string of the molecule is NC(=O)Nc1ccc(Cl)c(-c2nc(C3(C(F)(F)F)CCC3)no2)c1. The van der Waals surface area contributed by atoms with Gasteiger partial charge in [0, 0.05) is 5.69 Å². The van der Waals surface area contributed by atoms with Crippen LogP contribution >= 0.6 is 11.6 Å². The van der Waals surface area contributed by atoms with Crippen LogP contribution < -0.4 is 11.1 Å². The number of alkyl halides is 3. The van der Waals surface area contributed by atoms with Crippen molar-refractivity contribution in [1.29, 1.82) is 0 Å². The van der Waals surface area contributed by atoms with Gasteiger partial charge in [-0.2, -0.15) is 18.2 Å². The largest absolute Gasteiger partial charge is 0.401 e. The molecular weight excluding hydrogens is 349 g/mol. The molecule has 3 N–H and O–H groups in total. The molecule has 1 aliphatic rings. The summed E-state index contributed by atoms with van der Waals surface area (Å²) in [6.07, 6.45) is -4.16. The van der Waals surface area contributed by atoms with E-state index in [1.54, 1.807) is 0 Å². The molecule has 128 valence electrons. The van der Waals surface area contributed by atoms with Crippen LogP contribution in [0.1, 0.15) is 25.1 Å². The molecule has 1 saturated carbocycles. The van der Waals surface area contributed by atoms with Crippen LogP contribution in [-0.2, 0) is 5.41 Å². The van der Waals surface area contributed by atoms with Crippen molar-refractivity contribution in [2.75, 3.05) is 5.32 Å². The average molecular weight is 361 g/mol. The zero-order valence-corrected chi connectivity index (χ0v) is 12.9. The molecule has 2 amide bonds. The van der Waals surface area contributed by atoms with Crippen LogP contribution in [0.4, 0.5) is 23.7 Å². The molecule has 0 bridgehead atoms. The highest BCUT2D eigenvalue weighted by Gasteiger charge is 2.62. The number of amides is 2. The molecule has 1 aromatic carbocycles. The summed E-state index contributed by atoms with van der Waals surface area (Å²) in [4.78, 5) is 14.8. The van der Waals surface area contributed by atoms with Gasteiger partial charge in [0.1, 0.15) is 5.41 Å². The van der Waals surface area contributed by atoms with E-state index >= 15 is 0 Å². The van der Waals surface area contributed by atoms with Gasteiger partial charge in [-0.25, -0.2) is 4.79 Å². The van der Waals surface area contributed by atoms with E-state index in [1.807, 2.05) is 0 Å². The Labute approximate surface area is 139 Å². The first-order valence-electron chi connectivity index (χ1n) is 7.00. The summed E-state index contributed by atoms with van der Waals surface area (Å²) >= 11 is 6.03. The van der Waals surface area contributed by atoms with E-state index in [9.17, 15) is 18.0 Å². The minimum absolute atomic E-state index is 0.0769. The number of urea groups is 1. The molecule has 0 radical (unpaired) electrons. The van der Waals surface area contributed by atoms with Crippen LogP contribution in [0.3, 0.4) is 0 Å². The topological polar surface area (TPSA) is 94.0 Å². The van der Waals surface area contributed by atoms with Crippen LogP contribution in [-0.4, -0.2) is 22.3 Å². The summed E-state index contributed by atoms with van der Waals surface area (Å²) in [5.41, 5.74) is 3.47. The van der Waals surface area contributed by atoms with Crippen LogP contribution in [0.5, 0.6) is 0 Å².